The van der Waals surface area contributed by atoms with Gasteiger partial charge in [-0.1, -0.05) is 0 Å². The predicted octanol–water partition coefficient (Wildman–Crippen LogP) is -0.649. The molecule has 0 bridgehead atoms. The van der Waals surface area contributed by atoms with Crippen molar-refractivity contribution in [2.24, 2.45) is 0 Å². The summed E-state index contributed by atoms with van der Waals surface area (Å²) in [5.41, 5.74) is 0. The van der Waals surface area contributed by atoms with Gasteiger partial charge in [0.2, 0.25) is 0 Å². The molecular weight excluding hydrogens is 179 g/mol. The van der Waals surface area contributed by atoms with Crippen LogP contribution in [0.4, 0.5) is 0 Å². The minimum absolute atomic E-state index is 0. The maximum Gasteiger partial charge on any atom is -1.00 e. The molecule has 0 radical (unpaired) electrons. The number of halogens is 1. The van der Waals surface area contributed by atoms with Gasteiger partial charge in [0.1, 0.15) is 0 Å². The van der Waals surface area contributed by atoms with Crippen LogP contribution in [0.25, 0.3) is 0 Å². The summed E-state index contributed by atoms with van der Waals surface area (Å²) in [6.45, 7) is 4.53. The summed E-state index contributed by atoms with van der Waals surface area (Å²) in [6, 6.07) is 0. The normalized spacial score (nSPS) is 7.25. The van der Waals surface area contributed by atoms with E-state index in [1.165, 1.54) is 23.4 Å². The summed E-state index contributed by atoms with van der Waals surface area (Å²) in [4.78, 5) is 0. The monoisotopic (exact) mass is 192 g/mol. The van der Waals surface area contributed by atoms with Crippen molar-refractivity contribution in [3.05, 3.63) is 0 Å². The van der Waals surface area contributed by atoms with E-state index < -0.39 is 0 Å². The zero-order valence-corrected chi connectivity index (χ0v) is 8.52. The molecule has 0 rings (SSSR count). The summed E-state index contributed by atoms with van der Waals surface area (Å²) >= 11 is 0.822. The topological polar surface area (TPSA) is 0 Å². The van der Waals surface area contributed by atoms with Gasteiger partial charge in [-0.15, -0.1) is 0 Å². The number of hydrogen-bond donors (Lipinski definition) is 0. The summed E-state index contributed by atoms with van der Waals surface area (Å²) in [6.07, 6.45) is 2.80. The first-order chi connectivity index (χ1) is 3.41. The van der Waals surface area contributed by atoms with Crippen LogP contribution in [0.1, 0.15) is 26.7 Å². The van der Waals surface area contributed by atoms with Gasteiger partial charge in [-0.3, -0.25) is 0 Å². The SMILES string of the molecule is CC[CH2][Al+][CH2]CC.[Br-]. The first-order valence-electron chi connectivity index (χ1n) is 3.23. The van der Waals surface area contributed by atoms with E-state index in [1.807, 2.05) is 0 Å². The third-order valence-electron chi connectivity index (χ3n) is 0.986. The van der Waals surface area contributed by atoms with Crippen molar-refractivity contribution in [3.63, 3.8) is 0 Å². The Hall–Kier alpha value is 1.01. The number of rotatable bonds is 4. The summed E-state index contributed by atoms with van der Waals surface area (Å²) in [7, 11) is 0. The molecule has 0 fully saturated rings. The van der Waals surface area contributed by atoms with E-state index in [0.717, 1.165) is 15.2 Å². The molecule has 0 N–H and O–H groups in total. The van der Waals surface area contributed by atoms with E-state index in [4.69, 9.17) is 0 Å². The minimum Gasteiger partial charge on any atom is -1.00 e. The van der Waals surface area contributed by atoms with Crippen molar-refractivity contribution >= 4 is 15.2 Å². The van der Waals surface area contributed by atoms with Crippen LogP contribution in [-0.4, -0.2) is 15.2 Å². The molecule has 0 nitrogen and oxygen atoms in total. The number of hydrogen-bond acceptors (Lipinski definition) is 0. The maximum atomic E-state index is 2.27. The van der Waals surface area contributed by atoms with Crippen molar-refractivity contribution < 1.29 is 17.0 Å². The predicted molar refractivity (Wildman–Crippen MR) is 35.9 cm³/mol. The van der Waals surface area contributed by atoms with Crippen LogP contribution < -0.4 is 17.0 Å². The second-order valence-corrected chi connectivity index (χ2v) is 3.60. The van der Waals surface area contributed by atoms with E-state index in [9.17, 15) is 0 Å². The van der Waals surface area contributed by atoms with Crippen LogP contribution in [0.2, 0.25) is 10.6 Å². The van der Waals surface area contributed by atoms with Crippen molar-refractivity contribution in [1.82, 2.24) is 0 Å². The fourth-order valence-electron chi connectivity index (χ4n) is 0.553. The average Bonchev–Trinajstić information content (AvgIpc) is 1.69. The van der Waals surface area contributed by atoms with Crippen molar-refractivity contribution in [2.75, 3.05) is 0 Å². The fourth-order valence-corrected chi connectivity index (χ4v) is 1.66. The van der Waals surface area contributed by atoms with Gasteiger partial charge in [0.25, 0.3) is 0 Å². The van der Waals surface area contributed by atoms with Crippen molar-refractivity contribution in [1.29, 1.82) is 0 Å². The average molecular weight is 193 g/mol. The maximum absolute atomic E-state index is 2.27. The first-order valence-corrected chi connectivity index (χ1v) is 4.86. The first kappa shape index (κ1) is 11.8. The standard InChI is InChI=1S/2C3H7.Al.BrH/c2*1-3-2;;/h2*1,3H2,2H3;;1H/q;;+1;/p-1. The molecule has 0 spiro atoms. The van der Waals surface area contributed by atoms with E-state index in [2.05, 4.69) is 13.8 Å². The van der Waals surface area contributed by atoms with Crippen LogP contribution in [0.5, 0.6) is 0 Å². The Balaban J connectivity index is 0. The molecule has 0 aliphatic rings. The van der Waals surface area contributed by atoms with Crippen LogP contribution >= 0.6 is 0 Å². The molecule has 0 saturated carbocycles. The largest absolute Gasteiger partial charge is 1.00 e. The van der Waals surface area contributed by atoms with Gasteiger partial charge in [-0.2, -0.15) is 0 Å². The Morgan fingerprint density at radius 2 is 1.38 bits per heavy atom. The molecule has 8 heavy (non-hydrogen) atoms. The van der Waals surface area contributed by atoms with E-state index in [0.29, 0.717) is 0 Å². The summed E-state index contributed by atoms with van der Waals surface area (Å²) in [5.74, 6) is 0. The van der Waals surface area contributed by atoms with Crippen LogP contribution in [0.3, 0.4) is 0 Å². The second kappa shape index (κ2) is 10.9. The van der Waals surface area contributed by atoms with Gasteiger partial charge >= 0.3 is 52.5 Å². The molecule has 0 aromatic rings. The third-order valence-corrected chi connectivity index (χ3v) is 2.96. The molecule has 0 amide bonds. The molecule has 0 aromatic carbocycles. The second-order valence-electron chi connectivity index (χ2n) is 1.87. The Labute approximate surface area is 69.5 Å². The quantitative estimate of drug-likeness (QED) is 0.411. The van der Waals surface area contributed by atoms with Gasteiger partial charge in [0.05, 0.1) is 0 Å². The van der Waals surface area contributed by atoms with Gasteiger partial charge < -0.3 is 17.0 Å². The Morgan fingerprint density at radius 1 is 1.00 bits per heavy atom. The molecular formula is C6H14AlBr. The Morgan fingerprint density at radius 3 is 1.62 bits per heavy atom. The Kier molecular flexibility index (Phi) is 16.0. The van der Waals surface area contributed by atoms with Crippen molar-refractivity contribution in [2.45, 2.75) is 37.3 Å². The van der Waals surface area contributed by atoms with Crippen LogP contribution in [0, 0.1) is 0 Å². The molecule has 0 heterocycles. The zero-order valence-electron chi connectivity index (χ0n) is 5.78. The molecule has 0 aromatic heterocycles. The third kappa shape index (κ3) is 10.1. The van der Waals surface area contributed by atoms with Crippen molar-refractivity contribution in [3.8, 4) is 0 Å². The Bertz CT molecular complexity index is 27.7. The summed E-state index contributed by atoms with van der Waals surface area (Å²) in [5, 5.41) is 3.02. The molecule has 0 aliphatic carbocycles. The van der Waals surface area contributed by atoms with E-state index >= 15 is 0 Å². The molecule has 2 heteroatoms. The van der Waals surface area contributed by atoms with Gasteiger partial charge in [0.15, 0.2) is 0 Å². The molecule has 0 unspecified atom stereocenters. The minimum atomic E-state index is 0. The molecule has 0 aliphatic heterocycles. The smallest absolute Gasteiger partial charge is 1.00 e. The molecule has 0 saturated heterocycles. The van der Waals surface area contributed by atoms with Crippen LogP contribution in [0.15, 0.2) is 0 Å². The van der Waals surface area contributed by atoms with E-state index in [1.54, 1.807) is 0 Å². The van der Waals surface area contributed by atoms with Crippen LogP contribution in [-0.2, 0) is 0 Å². The van der Waals surface area contributed by atoms with Gasteiger partial charge in [-0.05, 0) is 0 Å². The molecule has 0 atom stereocenters. The summed E-state index contributed by atoms with van der Waals surface area (Å²) < 4.78 is 0. The fraction of sp³-hybridized carbons (Fsp3) is 1.00. The van der Waals surface area contributed by atoms with Gasteiger partial charge in [0, 0.05) is 0 Å². The zero-order chi connectivity index (χ0) is 5.54. The van der Waals surface area contributed by atoms with E-state index in [-0.39, 0.29) is 17.0 Å². The van der Waals surface area contributed by atoms with Gasteiger partial charge in [-0.25, -0.2) is 0 Å². The molecule has 48 valence electrons.